The molecule has 0 aromatic carbocycles. The third-order valence-electron chi connectivity index (χ3n) is 4.84. The van der Waals surface area contributed by atoms with Gasteiger partial charge in [0.25, 0.3) is 0 Å². The van der Waals surface area contributed by atoms with E-state index < -0.39 is 0 Å². The maximum absolute atomic E-state index is 5.61. The highest BCUT2D eigenvalue weighted by atomic mass is 16.5. The van der Waals surface area contributed by atoms with Gasteiger partial charge in [0.15, 0.2) is 0 Å². The summed E-state index contributed by atoms with van der Waals surface area (Å²) >= 11 is 0. The molecule has 1 aromatic rings. The molecule has 0 unspecified atom stereocenters. The normalized spacial score (nSPS) is 25.9. The van der Waals surface area contributed by atoms with Crippen LogP contribution in [0, 0.1) is 13.8 Å². The van der Waals surface area contributed by atoms with Crippen LogP contribution in [0.4, 0.5) is 11.8 Å². The number of anilines is 2. The Morgan fingerprint density at radius 3 is 2.55 bits per heavy atom. The Kier molecular flexibility index (Phi) is 4.49. The molecular weight excluding hydrogens is 278 g/mol. The molecule has 6 nitrogen and oxygen atoms in total. The maximum atomic E-state index is 5.61. The van der Waals surface area contributed by atoms with Gasteiger partial charge in [-0.15, -0.1) is 0 Å². The third-order valence-corrected chi connectivity index (χ3v) is 4.84. The van der Waals surface area contributed by atoms with Crippen LogP contribution in [0.25, 0.3) is 0 Å². The van der Waals surface area contributed by atoms with Gasteiger partial charge < -0.3 is 19.9 Å². The van der Waals surface area contributed by atoms with Gasteiger partial charge in [-0.1, -0.05) is 0 Å². The zero-order valence-corrected chi connectivity index (χ0v) is 14.1. The maximum Gasteiger partial charge on any atom is 0.227 e. The number of hydrogen-bond donors (Lipinski definition) is 1. The first-order valence-corrected chi connectivity index (χ1v) is 8.16. The number of nitrogens with zero attached hydrogens (tertiary/aromatic N) is 4. The van der Waals surface area contributed by atoms with Crippen molar-refractivity contribution in [2.24, 2.45) is 0 Å². The Balaban J connectivity index is 1.83. The number of hydrogen-bond acceptors (Lipinski definition) is 6. The van der Waals surface area contributed by atoms with Crippen molar-refractivity contribution in [1.29, 1.82) is 0 Å². The minimum absolute atomic E-state index is 0.204. The van der Waals surface area contributed by atoms with Crippen molar-refractivity contribution in [3.63, 3.8) is 0 Å². The Labute approximate surface area is 132 Å². The number of likely N-dealkylation sites (N-methyl/N-ethyl adjacent to an activating group) is 1. The van der Waals surface area contributed by atoms with Crippen molar-refractivity contribution in [3.8, 4) is 0 Å². The van der Waals surface area contributed by atoms with E-state index in [2.05, 4.69) is 41.0 Å². The molecule has 0 saturated carbocycles. The quantitative estimate of drug-likeness (QED) is 0.908. The Bertz CT molecular complexity index is 530. The smallest absolute Gasteiger partial charge is 0.227 e. The second kappa shape index (κ2) is 6.38. The van der Waals surface area contributed by atoms with E-state index in [-0.39, 0.29) is 12.1 Å². The molecule has 3 rings (SSSR count). The lowest BCUT2D eigenvalue weighted by molar-refractivity contribution is 0.104. The topological polar surface area (TPSA) is 53.5 Å². The van der Waals surface area contributed by atoms with Crippen molar-refractivity contribution < 1.29 is 4.74 Å². The average molecular weight is 305 g/mol. The lowest BCUT2D eigenvalue weighted by Crippen LogP contribution is -2.34. The van der Waals surface area contributed by atoms with E-state index in [1.807, 2.05) is 0 Å². The van der Waals surface area contributed by atoms with Crippen LogP contribution in [0.15, 0.2) is 0 Å². The van der Waals surface area contributed by atoms with Crippen molar-refractivity contribution >= 4 is 11.8 Å². The molecule has 6 heteroatoms. The first-order chi connectivity index (χ1) is 10.6. The molecule has 122 valence electrons. The van der Waals surface area contributed by atoms with Crippen LogP contribution in [0.2, 0.25) is 0 Å². The van der Waals surface area contributed by atoms with Crippen molar-refractivity contribution in [2.75, 3.05) is 50.6 Å². The minimum atomic E-state index is 0.204. The van der Waals surface area contributed by atoms with Gasteiger partial charge in [0, 0.05) is 44.5 Å². The van der Waals surface area contributed by atoms with Crippen LogP contribution in [0.1, 0.15) is 24.1 Å². The zero-order chi connectivity index (χ0) is 15.7. The molecule has 2 aliphatic rings. The van der Waals surface area contributed by atoms with Crippen molar-refractivity contribution in [3.05, 3.63) is 11.3 Å². The fraction of sp³-hybridized carbons (Fsp3) is 0.750. The molecule has 0 bridgehead atoms. The van der Waals surface area contributed by atoms with E-state index in [0.29, 0.717) is 0 Å². The number of methoxy groups -OCH3 is 1. The van der Waals surface area contributed by atoms with E-state index in [9.17, 15) is 0 Å². The standard InChI is InChI=1S/C16H27N5O/c1-11-12(2)17-16(21-7-5-6-8-21)19-15(11)18-13-9-20(3)10-14(13)22-4/h13-14H,5-10H2,1-4H3,(H,17,18,19)/t13-,14-/m0/s1. The number of nitrogens with one attached hydrogen (secondary N) is 1. The van der Waals surface area contributed by atoms with Crippen LogP contribution in [0.5, 0.6) is 0 Å². The average Bonchev–Trinajstić information content (AvgIpc) is 3.13. The lowest BCUT2D eigenvalue weighted by atomic mass is 10.2. The summed E-state index contributed by atoms with van der Waals surface area (Å²) in [4.78, 5) is 14.1. The number of aromatic nitrogens is 2. The summed E-state index contributed by atoms with van der Waals surface area (Å²) in [5.74, 6) is 1.82. The van der Waals surface area contributed by atoms with Gasteiger partial charge in [-0.2, -0.15) is 4.98 Å². The van der Waals surface area contributed by atoms with Crippen molar-refractivity contribution in [2.45, 2.75) is 38.8 Å². The highest BCUT2D eigenvalue weighted by Gasteiger charge is 2.31. The van der Waals surface area contributed by atoms with Crippen LogP contribution in [-0.4, -0.2) is 67.4 Å². The van der Waals surface area contributed by atoms with Gasteiger partial charge in [0.2, 0.25) is 5.95 Å². The van der Waals surface area contributed by atoms with E-state index in [4.69, 9.17) is 9.72 Å². The molecule has 2 atom stereocenters. The zero-order valence-electron chi connectivity index (χ0n) is 14.1. The molecule has 0 amide bonds. The third kappa shape index (κ3) is 3.03. The second-order valence-electron chi connectivity index (χ2n) is 6.52. The summed E-state index contributed by atoms with van der Waals surface area (Å²) in [7, 11) is 3.91. The van der Waals surface area contributed by atoms with Crippen LogP contribution < -0.4 is 10.2 Å². The second-order valence-corrected chi connectivity index (χ2v) is 6.52. The number of aryl methyl sites for hydroxylation is 1. The molecule has 2 fully saturated rings. The monoisotopic (exact) mass is 305 g/mol. The Morgan fingerprint density at radius 1 is 1.14 bits per heavy atom. The molecule has 0 radical (unpaired) electrons. The molecule has 22 heavy (non-hydrogen) atoms. The molecule has 1 N–H and O–H groups in total. The molecule has 3 heterocycles. The van der Waals surface area contributed by atoms with Crippen LogP contribution in [0.3, 0.4) is 0 Å². The summed E-state index contributed by atoms with van der Waals surface area (Å²) in [6, 6.07) is 0.273. The summed E-state index contributed by atoms with van der Waals surface area (Å²) < 4.78 is 5.61. The van der Waals surface area contributed by atoms with E-state index in [1.54, 1.807) is 7.11 Å². The van der Waals surface area contributed by atoms with Gasteiger partial charge in [0.05, 0.1) is 12.1 Å². The predicted molar refractivity (Wildman–Crippen MR) is 88.7 cm³/mol. The Morgan fingerprint density at radius 2 is 1.86 bits per heavy atom. The molecular formula is C16H27N5O. The molecule has 2 aliphatic heterocycles. The summed E-state index contributed by atoms with van der Waals surface area (Å²) in [6.07, 6.45) is 2.67. The van der Waals surface area contributed by atoms with E-state index >= 15 is 0 Å². The van der Waals surface area contributed by atoms with Crippen LogP contribution in [-0.2, 0) is 4.74 Å². The number of rotatable bonds is 4. The highest BCUT2D eigenvalue weighted by molar-refractivity contribution is 5.51. The van der Waals surface area contributed by atoms with Gasteiger partial charge >= 0.3 is 0 Å². The number of ether oxygens (including phenoxy) is 1. The van der Waals surface area contributed by atoms with Gasteiger partial charge in [-0.25, -0.2) is 4.98 Å². The van der Waals surface area contributed by atoms with E-state index in [1.165, 1.54) is 12.8 Å². The molecule has 0 aliphatic carbocycles. The first kappa shape index (κ1) is 15.5. The van der Waals surface area contributed by atoms with Crippen molar-refractivity contribution in [1.82, 2.24) is 14.9 Å². The van der Waals surface area contributed by atoms with Crippen LogP contribution >= 0.6 is 0 Å². The Hall–Kier alpha value is -1.40. The fourth-order valence-electron chi connectivity index (χ4n) is 3.33. The molecule has 2 saturated heterocycles. The lowest BCUT2D eigenvalue weighted by Gasteiger charge is -2.23. The number of likely N-dealkylation sites (tertiary alicyclic amines) is 1. The van der Waals surface area contributed by atoms with Gasteiger partial charge in [-0.05, 0) is 33.7 Å². The summed E-state index contributed by atoms with van der Waals surface area (Å²) in [6.45, 7) is 8.21. The van der Waals surface area contributed by atoms with E-state index in [0.717, 1.165) is 49.2 Å². The SMILES string of the molecule is CO[C@H]1CN(C)C[C@@H]1Nc1nc(N2CCCC2)nc(C)c1C. The largest absolute Gasteiger partial charge is 0.378 e. The van der Waals surface area contributed by atoms with Gasteiger partial charge in [-0.3, -0.25) is 0 Å². The predicted octanol–water partition coefficient (Wildman–Crippen LogP) is 1.43. The highest BCUT2D eigenvalue weighted by Crippen LogP contribution is 2.24. The first-order valence-electron chi connectivity index (χ1n) is 8.16. The fourth-order valence-corrected chi connectivity index (χ4v) is 3.33. The molecule has 1 aromatic heterocycles. The summed E-state index contributed by atoms with van der Waals surface area (Å²) in [5, 5.41) is 3.60. The molecule has 0 spiro atoms. The minimum Gasteiger partial charge on any atom is -0.378 e. The summed E-state index contributed by atoms with van der Waals surface area (Å²) in [5.41, 5.74) is 2.19. The van der Waals surface area contributed by atoms with Gasteiger partial charge in [0.1, 0.15) is 5.82 Å².